The van der Waals surface area contributed by atoms with E-state index in [0.29, 0.717) is 32.1 Å². The number of fused-ring (bicyclic) bond motifs is 3. The van der Waals surface area contributed by atoms with Gasteiger partial charge < -0.3 is 9.73 Å². The van der Waals surface area contributed by atoms with Crippen LogP contribution in [0.2, 0.25) is 10.0 Å². The van der Waals surface area contributed by atoms with Gasteiger partial charge in [-0.1, -0.05) is 35.3 Å². The third kappa shape index (κ3) is 3.13. The molecule has 0 aliphatic heterocycles. The summed E-state index contributed by atoms with van der Waals surface area (Å²) in [5, 5.41) is 4.11. The molecule has 2 aromatic heterocycles. The summed E-state index contributed by atoms with van der Waals surface area (Å²) in [7, 11) is 0. The molecule has 6 nitrogen and oxygen atoms in total. The average Bonchev–Trinajstić information content (AvgIpc) is 2.61. The van der Waals surface area contributed by atoms with Gasteiger partial charge in [0.1, 0.15) is 11.0 Å². The lowest BCUT2D eigenvalue weighted by Gasteiger charge is -2.10. The van der Waals surface area contributed by atoms with E-state index in [-0.39, 0.29) is 22.9 Å². The third-order valence-corrected chi connectivity index (χ3v) is 4.47. The Bertz CT molecular complexity index is 1280. The molecule has 0 aliphatic rings. The summed E-state index contributed by atoms with van der Waals surface area (Å²) >= 11 is 12.3. The van der Waals surface area contributed by atoms with E-state index in [1.165, 1.54) is 6.92 Å². The highest BCUT2D eigenvalue weighted by Gasteiger charge is 2.18. The number of nitrogens with one attached hydrogen (secondary N) is 1. The van der Waals surface area contributed by atoms with E-state index in [2.05, 4.69) is 15.3 Å². The van der Waals surface area contributed by atoms with Crippen LogP contribution >= 0.6 is 23.2 Å². The molecule has 0 saturated heterocycles. The van der Waals surface area contributed by atoms with Gasteiger partial charge in [-0.3, -0.25) is 4.79 Å². The molecular formula is C19H11Cl2N3O3. The Balaban J connectivity index is 2.14. The molecule has 8 heteroatoms. The summed E-state index contributed by atoms with van der Waals surface area (Å²) in [4.78, 5) is 33.0. The lowest BCUT2D eigenvalue weighted by atomic mass is 10.1. The Labute approximate surface area is 162 Å². The fourth-order valence-corrected chi connectivity index (χ4v) is 3.29. The molecule has 27 heavy (non-hydrogen) atoms. The number of nitrogens with zero attached hydrogens (tertiary/aromatic N) is 2. The summed E-state index contributed by atoms with van der Waals surface area (Å²) in [6.07, 6.45) is 0. The molecule has 0 radical (unpaired) electrons. The first-order chi connectivity index (χ1) is 12.9. The molecule has 2 heterocycles. The van der Waals surface area contributed by atoms with E-state index in [4.69, 9.17) is 27.6 Å². The summed E-state index contributed by atoms with van der Waals surface area (Å²) in [6, 6.07) is 11.9. The van der Waals surface area contributed by atoms with Crippen LogP contribution in [0.5, 0.6) is 0 Å². The van der Waals surface area contributed by atoms with E-state index in [9.17, 15) is 9.59 Å². The fourth-order valence-electron chi connectivity index (χ4n) is 2.80. The second-order valence-electron chi connectivity index (χ2n) is 5.81. The van der Waals surface area contributed by atoms with Gasteiger partial charge in [-0.05, 0) is 30.3 Å². The topological polar surface area (TPSA) is 85.1 Å². The molecule has 134 valence electrons. The average molecular weight is 400 g/mol. The minimum absolute atomic E-state index is 0.0630. The Morgan fingerprint density at radius 3 is 2.63 bits per heavy atom. The van der Waals surface area contributed by atoms with Crippen LogP contribution < -0.4 is 10.9 Å². The SMILES string of the molecule is CC(=O)Nc1nc(-c2ccc(Cl)cc2Cl)nc2c1c(=O)oc1ccccc12. The Kier molecular flexibility index (Phi) is 4.30. The molecule has 0 saturated carbocycles. The highest BCUT2D eigenvalue weighted by molar-refractivity contribution is 6.36. The number of hydrogen-bond donors (Lipinski definition) is 1. The molecule has 0 fully saturated rings. The van der Waals surface area contributed by atoms with Gasteiger partial charge in [-0.15, -0.1) is 0 Å². The molecule has 0 atom stereocenters. The lowest BCUT2D eigenvalue weighted by molar-refractivity contribution is -0.114. The monoisotopic (exact) mass is 399 g/mol. The second-order valence-corrected chi connectivity index (χ2v) is 6.65. The maximum absolute atomic E-state index is 12.5. The van der Waals surface area contributed by atoms with Crippen LogP contribution in [-0.2, 0) is 4.79 Å². The van der Waals surface area contributed by atoms with Crippen molar-refractivity contribution < 1.29 is 9.21 Å². The van der Waals surface area contributed by atoms with E-state index in [1.807, 2.05) is 0 Å². The van der Waals surface area contributed by atoms with Crippen LogP contribution in [0.15, 0.2) is 51.7 Å². The van der Waals surface area contributed by atoms with Gasteiger partial charge in [0.05, 0.1) is 10.5 Å². The van der Waals surface area contributed by atoms with Crippen LogP contribution in [0.4, 0.5) is 5.82 Å². The van der Waals surface area contributed by atoms with Gasteiger partial charge in [0.2, 0.25) is 5.91 Å². The predicted molar refractivity (Wildman–Crippen MR) is 105 cm³/mol. The first-order valence-electron chi connectivity index (χ1n) is 7.90. The number of benzene rings is 2. The number of amides is 1. The van der Waals surface area contributed by atoms with E-state index >= 15 is 0 Å². The summed E-state index contributed by atoms with van der Waals surface area (Å²) in [6.45, 7) is 1.32. The zero-order chi connectivity index (χ0) is 19.1. The summed E-state index contributed by atoms with van der Waals surface area (Å²) in [5.41, 5.74) is 0.630. The number of carbonyl (C=O) groups is 1. The van der Waals surface area contributed by atoms with Crippen LogP contribution in [0, 0.1) is 0 Å². The summed E-state index contributed by atoms with van der Waals surface area (Å²) < 4.78 is 5.35. The number of hydrogen-bond acceptors (Lipinski definition) is 5. The van der Waals surface area contributed by atoms with Crippen molar-refractivity contribution in [2.75, 3.05) is 5.32 Å². The number of anilines is 1. The molecule has 0 aliphatic carbocycles. The number of rotatable bonds is 2. The largest absolute Gasteiger partial charge is 0.422 e. The van der Waals surface area contributed by atoms with Gasteiger partial charge in [0.25, 0.3) is 0 Å². The molecular weight excluding hydrogens is 389 g/mol. The van der Waals surface area contributed by atoms with E-state index in [1.54, 1.807) is 42.5 Å². The van der Waals surface area contributed by atoms with Crippen molar-refractivity contribution in [1.29, 1.82) is 0 Å². The van der Waals surface area contributed by atoms with Crippen LogP contribution in [0.25, 0.3) is 33.3 Å². The van der Waals surface area contributed by atoms with Crippen molar-refractivity contribution in [2.24, 2.45) is 0 Å². The predicted octanol–water partition coefficient (Wildman–Crippen LogP) is 4.67. The molecule has 4 rings (SSSR count). The van der Waals surface area contributed by atoms with Crippen molar-refractivity contribution in [3.8, 4) is 11.4 Å². The van der Waals surface area contributed by atoms with Crippen LogP contribution in [-0.4, -0.2) is 15.9 Å². The smallest absolute Gasteiger partial charge is 0.349 e. The number of carbonyl (C=O) groups excluding carboxylic acids is 1. The van der Waals surface area contributed by atoms with E-state index < -0.39 is 5.63 Å². The van der Waals surface area contributed by atoms with Crippen molar-refractivity contribution >= 4 is 56.8 Å². The number of para-hydroxylation sites is 1. The normalized spacial score (nSPS) is 11.1. The maximum atomic E-state index is 12.5. The van der Waals surface area contributed by atoms with Crippen molar-refractivity contribution in [3.63, 3.8) is 0 Å². The third-order valence-electron chi connectivity index (χ3n) is 3.92. The first-order valence-corrected chi connectivity index (χ1v) is 8.66. The molecule has 0 spiro atoms. The summed E-state index contributed by atoms with van der Waals surface area (Å²) in [5.74, 6) is -0.0626. The quantitative estimate of drug-likeness (QED) is 0.391. The molecule has 1 N–H and O–H groups in total. The van der Waals surface area contributed by atoms with Crippen molar-refractivity contribution in [3.05, 3.63) is 62.9 Å². The van der Waals surface area contributed by atoms with Crippen molar-refractivity contribution in [1.82, 2.24) is 9.97 Å². The maximum Gasteiger partial charge on any atom is 0.349 e. The Morgan fingerprint density at radius 2 is 1.89 bits per heavy atom. The molecule has 1 amide bonds. The van der Waals surface area contributed by atoms with Crippen LogP contribution in [0.1, 0.15) is 6.92 Å². The number of halogens is 2. The standard InChI is InChI=1S/C19H11Cl2N3O3/c1-9(25)22-18-15-16(12-4-2-3-5-14(12)27-19(15)26)23-17(24-18)11-7-6-10(20)8-13(11)21/h2-8H,1H3,(H,22,23,24,25). The second kappa shape index (κ2) is 6.64. The van der Waals surface area contributed by atoms with Gasteiger partial charge in [-0.2, -0.15) is 0 Å². The number of aromatic nitrogens is 2. The molecule has 2 aromatic carbocycles. The molecule has 0 bridgehead atoms. The van der Waals surface area contributed by atoms with Gasteiger partial charge in [-0.25, -0.2) is 14.8 Å². The molecule has 0 unspecified atom stereocenters. The molecule has 4 aromatic rings. The zero-order valence-electron chi connectivity index (χ0n) is 13.9. The Hall–Kier alpha value is -2.96. The van der Waals surface area contributed by atoms with Gasteiger partial charge in [0, 0.05) is 22.9 Å². The van der Waals surface area contributed by atoms with Gasteiger partial charge >= 0.3 is 5.63 Å². The van der Waals surface area contributed by atoms with Crippen molar-refractivity contribution in [2.45, 2.75) is 6.92 Å². The van der Waals surface area contributed by atoms with Crippen LogP contribution in [0.3, 0.4) is 0 Å². The minimum Gasteiger partial charge on any atom is -0.422 e. The lowest BCUT2D eigenvalue weighted by Crippen LogP contribution is -2.13. The fraction of sp³-hybridized carbons (Fsp3) is 0.0526. The highest BCUT2D eigenvalue weighted by atomic mass is 35.5. The Morgan fingerprint density at radius 1 is 1.11 bits per heavy atom. The minimum atomic E-state index is -0.638. The van der Waals surface area contributed by atoms with E-state index in [0.717, 1.165) is 0 Å². The van der Waals surface area contributed by atoms with Gasteiger partial charge in [0.15, 0.2) is 11.6 Å². The highest BCUT2D eigenvalue weighted by Crippen LogP contribution is 2.32. The zero-order valence-corrected chi connectivity index (χ0v) is 15.4. The first kappa shape index (κ1) is 17.5.